The summed E-state index contributed by atoms with van der Waals surface area (Å²) in [6.07, 6.45) is 5.50. The maximum Gasteiger partial charge on any atom is 0.247 e. The first-order valence-corrected chi connectivity index (χ1v) is 9.06. The van der Waals surface area contributed by atoms with Gasteiger partial charge in [-0.3, -0.25) is 19.6 Å². The Morgan fingerprint density at radius 3 is 2.92 bits per heavy atom. The largest absolute Gasteiger partial charge is 0.299 e. The lowest BCUT2D eigenvalue weighted by atomic mass is 10.2. The van der Waals surface area contributed by atoms with E-state index in [1.165, 1.54) is 22.2 Å². The van der Waals surface area contributed by atoms with Crippen LogP contribution >= 0.6 is 11.3 Å². The zero-order valence-corrected chi connectivity index (χ0v) is 14.8. The molecule has 0 atom stereocenters. The molecule has 1 N–H and O–H groups in total. The van der Waals surface area contributed by atoms with E-state index in [0.717, 1.165) is 30.7 Å². The molecule has 0 aliphatic carbocycles. The van der Waals surface area contributed by atoms with Crippen LogP contribution in [-0.4, -0.2) is 25.9 Å². The van der Waals surface area contributed by atoms with Gasteiger partial charge in [0.15, 0.2) is 0 Å². The fraction of sp³-hybridized carbons (Fsp3) is 0.353. The quantitative estimate of drug-likeness (QED) is 0.657. The molecule has 0 saturated carbocycles. The van der Waals surface area contributed by atoms with E-state index in [4.69, 9.17) is 0 Å². The van der Waals surface area contributed by atoms with E-state index in [-0.39, 0.29) is 17.9 Å². The third-order valence-electron chi connectivity index (χ3n) is 3.76. The molecule has 3 aromatic rings. The minimum absolute atomic E-state index is 0.00550. The second-order valence-corrected chi connectivity index (χ2v) is 6.75. The van der Waals surface area contributed by atoms with Gasteiger partial charge in [0, 0.05) is 11.8 Å². The van der Waals surface area contributed by atoms with Crippen molar-refractivity contribution < 1.29 is 4.79 Å². The van der Waals surface area contributed by atoms with Crippen LogP contribution in [0.3, 0.4) is 0 Å². The number of anilines is 1. The summed E-state index contributed by atoms with van der Waals surface area (Å²) in [4.78, 5) is 24.1. The van der Waals surface area contributed by atoms with E-state index in [2.05, 4.69) is 27.5 Å². The molecule has 3 rings (SSSR count). The lowest BCUT2D eigenvalue weighted by Crippen LogP contribution is -2.22. The van der Waals surface area contributed by atoms with Gasteiger partial charge in [-0.15, -0.1) is 10.2 Å². The van der Waals surface area contributed by atoms with Gasteiger partial charge in [0.25, 0.3) is 0 Å². The number of aromatic nitrogens is 4. The highest BCUT2D eigenvalue weighted by Crippen LogP contribution is 2.17. The number of hydrogen-bond acceptors (Lipinski definition) is 6. The Bertz CT molecular complexity index is 934. The molecule has 2 heterocycles. The summed E-state index contributed by atoms with van der Waals surface area (Å²) in [6.45, 7) is 2.16. The number of carbonyl (C=O) groups is 1. The molecule has 130 valence electrons. The number of para-hydroxylation sites is 1. The number of nitrogens with zero attached hydrogens (tertiary/aromatic N) is 4. The molecule has 1 aromatic carbocycles. The summed E-state index contributed by atoms with van der Waals surface area (Å²) in [5.41, 5.74) is 0.468. The predicted octanol–water partition coefficient (Wildman–Crippen LogP) is 2.62. The van der Waals surface area contributed by atoms with Crippen molar-refractivity contribution in [2.45, 2.75) is 39.2 Å². The Labute approximate surface area is 148 Å². The van der Waals surface area contributed by atoms with Crippen LogP contribution in [0.4, 0.5) is 5.13 Å². The van der Waals surface area contributed by atoms with Gasteiger partial charge in [-0.05, 0) is 18.6 Å². The predicted molar refractivity (Wildman–Crippen MR) is 97.8 cm³/mol. The number of hydrogen-bond donors (Lipinski definition) is 1. The molecule has 0 unspecified atom stereocenters. The van der Waals surface area contributed by atoms with Crippen LogP contribution < -0.4 is 10.7 Å². The van der Waals surface area contributed by atoms with Crippen molar-refractivity contribution in [3.63, 3.8) is 0 Å². The number of rotatable bonds is 7. The first-order chi connectivity index (χ1) is 12.2. The van der Waals surface area contributed by atoms with Crippen molar-refractivity contribution in [3.8, 4) is 0 Å². The number of aryl methyl sites for hydroxylation is 1. The van der Waals surface area contributed by atoms with E-state index in [9.17, 15) is 9.59 Å². The normalized spacial score (nSPS) is 10.9. The standard InChI is InChI=1S/C17H19N5O2S/c1-2-3-4-9-16-20-21-17(25-16)19-15(24)11-22-13-8-6-5-7-12(13)14(23)10-18-22/h5-8,10H,2-4,9,11H2,1H3,(H,19,21,24). The molecule has 0 bridgehead atoms. The minimum atomic E-state index is -0.252. The number of benzene rings is 1. The molecule has 25 heavy (non-hydrogen) atoms. The third-order valence-corrected chi connectivity index (χ3v) is 4.66. The van der Waals surface area contributed by atoms with Gasteiger partial charge >= 0.3 is 0 Å². The van der Waals surface area contributed by atoms with Gasteiger partial charge in [0.1, 0.15) is 11.6 Å². The number of amides is 1. The average molecular weight is 357 g/mol. The van der Waals surface area contributed by atoms with Gasteiger partial charge in [-0.2, -0.15) is 5.10 Å². The van der Waals surface area contributed by atoms with Crippen LogP contribution in [0.15, 0.2) is 35.3 Å². The monoisotopic (exact) mass is 357 g/mol. The number of unbranched alkanes of at least 4 members (excludes halogenated alkanes) is 2. The molecule has 0 aliphatic heterocycles. The highest BCUT2D eigenvalue weighted by Gasteiger charge is 2.11. The number of carbonyl (C=O) groups excluding carboxylic acids is 1. The van der Waals surface area contributed by atoms with E-state index >= 15 is 0 Å². The van der Waals surface area contributed by atoms with Crippen LogP contribution in [-0.2, 0) is 17.8 Å². The summed E-state index contributed by atoms with van der Waals surface area (Å²) in [7, 11) is 0. The van der Waals surface area contributed by atoms with Crippen LogP contribution in [0.25, 0.3) is 10.9 Å². The van der Waals surface area contributed by atoms with Crippen molar-refractivity contribution in [1.82, 2.24) is 20.0 Å². The Morgan fingerprint density at radius 2 is 2.08 bits per heavy atom. The Hall–Kier alpha value is -2.61. The van der Waals surface area contributed by atoms with Crippen LogP contribution in [0.1, 0.15) is 31.2 Å². The second kappa shape index (κ2) is 7.98. The molecular weight excluding hydrogens is 338 g/mol. The molecule has 0 saturated heterocycles. The molecule has 0 radical (unpaired) electrons. The van der Waals surface area contributed by atoms with Crippen molar-refractivity contribution in [1.29, 1.82) is 0 Å². The molecule has 8 heteroatoms. The second-order valence-electron chi connectivity index (χ2n) is 5.69. The molecule has 1 amide bonds. The fourth-order valence-corrected chi connectivity index (χ4v) is 3.31. The van der Waals surface area contributed by atoms with Gasteiger partial charge in [-0.1, -0.05) is 43.2 Å². The SMILES string of the molecule is CCCCCc1nnc(NC(=O)Cn2ncc(=O)c3ccccc32)s1. The van der Waals surface area contributed by atoms with Gasteiger partial charge < -0.3 is 0 Å². The summed E-state index contributed by atoms with van der Waals surface area (Å²) in [5.74, 6) is -0.252. The Morgan fingerprint density at radius 1 is 1.24 bits per heavy atom. The van der Waals surface area contributed by atoms with Crippen molar-refractivity contribution in [2.24, 2.45) is 0 Å². The lowest BCUT2D eigenvalue weighted by Gasteiger charge is -2.08. The third kappa shape index (κ3) is 4.27. The molecule has 0 aliphatic rings. The van der Waals surface area contributed by atoms with Crippen molar-refractivity contribution >= 4 is 33.3 Å². The van der Waals surface area contributed by atoms with Gasteiger partial charge in [-0.25, -0.2) is 0 Å². The van der Waals surface area contributed by atoms with E-state index in [1.54, 1.807) is 18.2 Å². The van der Waals surface area contributed by atoms with E-state index < -0.39 is 0 Å². The molecule has 2 aromatic heterocycles. The van der Waals surface area contributed by atoms with Crippen LogP contribution in [0, 0.1) is 0 Å². The highest BCUT2D eigenvalue weighted by molar-refractivity contribution is 7.15. The summed E-state index contributed by atoms with van der Waals surface area (Å²) < 4.78 is 1.51. The summed E-state index contributed by atoms with van der Waals surface area (Å²) >= 11 is 1.39. The first-order valence-electron chi connectivity index (χ1n) is 8.24. The zero-order valence-electron chi connectivity index (χ0n) is 13.9. The average Bonchev–Trinajstić information content (AvgIpc) is 3.05. The maximum atomic E-state index is 12.3. The minimum Gasteiger partial charge on any atom is -0.299 e. The molecule has 0 spiro atoms. The lowest BCUT2D eigenvalue weighted by molar-refractivity contribution is -0.116. The molecular formula is C17H19N5O2S. The van der Waals surface area contributed by atoms with E-state index in [0.29, 0.717) is 16.0 Å². The topological polar surface area (TPSA) is 89.8 Å². The molecule has 7 nitrogen and oxygen atoms in total. The Kier molecular flexibility index (Phi) is 5.49. The van der Waals surface area contributed by atoms with Gasteiger partial charge in [0.2, 0.25) is 16.5 Å². The van der Waals surface area contributed by atoms with Crippen molar-refractivity contribution in [3.05, 3.63) is 45.7 Å². The Balaban J connectivity index is 1.67. The highest BCUT2D eigenvalue weighted by atomic mass is 32.1. The smallest absolute Gasteiger partial charge is 0.247 e. The van der Waals surface area contributed by atoms with Gasteiger partial charge in [0.05, 0.1) is 11.7 Å². The zero-order chi connectivity index (χ0) is 17.6. The number of nitrogens with one attached hydrogen (secondary N) is 1. The van der Waals surface area contributed by atoms with E-state index in [1.807, 2.05) is 6.07 Å². The summed E-state index contributed by atoms with van der Waals surface area (Å²) in [6, 6.07) is 7.09. The molecule has 0 fully saturated rings. The van der Waals surface area contributed by atoms with Crippen LogP contribution in [0.5, 0.6) is 0 Å². The van der Waals surface area contributed by atoms with Crippen LogP contribution in [0.2, 0.25) is 0 Å². The van der Waals surface area contributed by atoms with Crippen molar-refractivity contribution in [2.75, 3.05) is 5.32 Å². The first kappa shape index (κ1) is 17.2. The maximum absolute atomic E-state index is 12.3. The summed E-state index contributed by atoms with van der Waals surface area (Å²) in [5, 5.41) is 16.9. The number of fused-ring (bicyclic) bond motifs is 1. The fourth-order valence-electron chi connectivity index (χ4n) is 2.51.